The average Bonchev–Trinajstić information content (AvgIpc) is 2.88. The van der Waals surface area contributed by atoms with Crippen LogP contribution in [0.4, 0.5) is 0 Å². The molecule has 1 amide bonds. The molecule has 1 aromatic heterocycles. The van der Waals surface area contributed by atoms with Crippen LogP contribution in [0.2, 0.25) is 0 Å². The second-order valence-electron chi connectivity index (χ2n) is 4.11. The lowest BCUT2D eigenvalue weighted by Crippen LogP contribution is -2.22. The normalized spacial score (nSPS) is 9.70. The van der Waals surface area contributed by atoms with Crippen molar-refractivity contribution in [2.45, 2.75) is 13.5 Å². The van der Waals surface area contributed by atoms with Gasteiger partial charge in [0.25, 0.3) is 5.91 Å². The molecule has 0 saturated carbocycles. The number of rotatable bonds is 3. The molecular formula is C15H15N3OS. The summed E-state index contributed by atoms with van der Waals surface area (Å²) in [6, 6.07) is 7.19. The number of nitrogens with two attached hydrogens (primary N) is 1. The summed E-state index contributed by atoms with van der Waals surface area (Å²) in [7, 11) is 0. The largest absolute Gasteiger partial charge is 0.347 e. The first-order valence-corrected chi connectivity index (χ1v) is 6.99. The van der Waals surface area contributed by atoms with E-state index in [9.17, 15) is 4.79 Å². The van der Waals surface area contributed by atoms with Gasteiger partial charge in [-0.2, -0.15) is 0 Å². The van der Waals surface area contributed by atoms with E-state index in [0.29, 0.717) is 18.7 Å². The molecule has 0 aliphatic heterocycles. The first kappa shape index (κ1) is 14.3. The molecule has 0 spiro atoms. The van der Waals surface area contributed by atoms with E-state index in [-0.39, 0.29) is 5.91 Å². The SMILES string of the molecule is Cc1ncc(CNC(=O)c2cccc(C#CCN)c2)s1. The maximum absolute atomic E-state index is 12.1. The minimum atomic E-state index is -0.118. The molecule has 0 fully saturated rings. The number of nitrogens with zero attached hydrogens (tertiary/aromatic N) is 1. The van der Waals surface area contributed by atoms with Crippen molar-refractivity contribution in [1.82, 2.24) is 10.3 Å². The van der Waals surface area contributed by atoms with E-state index < -0.39 is 0 Å². The molecule has 0 radical (unpaired) electrons. The van der Waals surface area contributed by atoms with E-state index in [4.69, 9.17) is 5.73 Å². The van der Waals surface area contributed by atoms with Crippen molar-refractivity contribution < 1.29 is 4.79 Å². The van der Waals surface area contributed by atoms with Gasteiger partial charge in [-0.3, -0.25) is 4.79 Å². The van der Waals surface area contributed by atoms with Crippen LogP contribution in [0.25, 0.3) is 0 Å². The van der Waals surface area contributed by atoms with E-state index in [0.717, 1.165) is 15.4 Å². The van der Waals surface area contributed by atoms with Crippen LogP contribution in [0.1, 0.15) is 25.8 Å². The molecule has 0 aliphatic rings. The Balaban J connectivity index is 2.01. The van der Waals surface area contributed by atoms with Crippen molar-refractivity contribution in [2.75, 3.05) is 6.54 Å². The van der Waals surface area contributed by atoms with Gasteiger partial charge in [-0.1, -0.05) is 17.9 Å². The second kappa shape index (κ2) is 6.85. The van der Waals surface area contributed by atoms with Gasteiger partial charge in [0.1, 0.15) is 0 Å². The first-order chi connectivity index (χ1) is 9.69. The number of aryl methyl sites for hydroxylation is 1. The van der Waals surface area contributed by atoms with E-state index in [1.165, 1.54) is 0 Å². The van der Waals surface area contributed by atoms with Crippen molar-refractivity contribution in [3.8, 4) is 11.8 Å². The first-order valence-electron chi connectivity index (χ1n) is 6.17. The average molecular weight is 285 g/mol. The van der Waals surface area contributed by atoms with E-state index in [1.54, 1.807) is 29.7 Å². The third-order valence-corrected chi connectivity index (χ3v) is 3.46. The number of benzene rings is 1. The highest BCUT2D eigenvalue weighted by molar-refractivity contribution is 7.11. The molecule has 0 unspecified atom stereocenters. The molecule has 3 N–H and O–H groups in total. The van der Waals surface area contributed by atoms with Crippen LogP contribution in [-0.4, -0.2) is 17.4 Å². The number of nitrogens with one attached hydrogen (secondary N) is 1. The smallest absolute Gasteiger partial charge is 0.251 e. The van der Waals surface area contributed by atoms with Crippen LogP contribution in [0, 0.1) is 18.8 Å². The molecule has 0 aliphatic carbocycles. The molecule has 1 heterocycles. The highest BCUT2D eigenvalue weighted by atomic mass is 32.1. The van der Waals surface area contributed by atoms with Crippen LogP contribution in [0.3, 0.4) is 0 Å². The predicted molar refractivity (Wildman–Crippen MR) is 80.4 cm³/mol. The summed E-state index contributed by atoms with van der Waals surface area (Å²) in [5, 5.41) is 3.86. The Hall–Kier alpha value is -2.16. The summed E-state index contributed by atoms with van der Waals surface area (Å²) in [5.41, 5.74) is 6.71. The quantitative estimate of drug-likeness (QED) is 0.843. The Morgan fingerprint density at radius 1 is 1.50 bits per heavy atom. The van der Waals surface area contributed by atoms with Crippen molar-refractivity contribution >= 4 is 17.2 Å². The molecule has 0 atom stereocenters. The minimum Gasteiger partial charge on any atom is -0.347 e. The lowest BCUT2D eigenvalue weighted by Gasteiger charge is -2.03. The number of amides is 1. The van der Waals surface area contributed by atoms with Crippen molar-refractivity contribution in [3.63, 3.8) is 0 Å². The van der Waals surface area contributed by atoms with Gasteiger partial charge in [0.2, 0.25) is 0 Å². The topological polar surface area (TPSA) is 68.0 Å². The van der Waals surface area contributed by atoms with Gasteiger partial charge in [-0.15, -0.1) is 11.3 Å². The van der Waals surface area contributed by atoms with Gasteiger partial charge < -0.3 is 11.1 Å². The summed E-state index contributed by atoms with van der Waals surface area (Å²) < 4.78 is 0. The lowest BCUT2D eigenvalue weighted by molar-refractivity contribution is 0.0951. The maximum atomic E-state index is 12.1. The molecule has 2 rings (SSSR count). The van der Waals surface area contributed by atoms with Crippen LogP contribution < -0.4 is 11.1 Å². The molecule has 20 heavy (non-hydrogen) atoms. The second-order valence-corrected chi connectivity index (χ2v) is 5.43. The predicted octanol–water partition coefficient (Wildman–Crippen LogP) is 1.69. The number of hydrogen-bond donors (Lipinski definition) is 2. The molecule has 102 valence electrons. The van der Waals surface area contributed by atoms with Crippen LogP contribution in [0.15, 0.2) is 30.5 Å². The zero-order chi connectivity index (χ0) is 14.4. The van der Waals surface area contributed by atoms with Gasteiger partial charge in [0.05, 0.1) is 18.1 Å². The lowest BCUT2D eigenvalue weighted by atomic mass is 10.1. The van der Waals surface area contributed by atoms with Gasteiger partial charge in [0.15, 0.2) is 0 Å². The Morgan fingerprint density at radius 3 is 3.05 bits per heavy atom. The van der Waals surface area contributed by atoms with Crippen molar-refractivity contribution in [2.24, 2.45) is 5.73 Å². The molecule has 0 saturated heterocycles. The minimum absolute atomic E-state index is 0.118. The molecule has 2 aromatic rings. The summed E-state index contributed by atoms with van der Waals surface area (Å²) in [5.74, 6) is 5.57. The van der Waals surface area contributed by atoms with Crippen LogP contribution in [0.5, 0.6) is 0 Å². The third kappa shape index (κ3) is 3.92. The van der Waals surface area contributed by atoms with Crippen LogP contribution >= 0.6 is 11.3 Å². The summed E-state index contributed by atoms with van der Waals surface area (Å²) in [6.07, 6.45) is 1.78. The van der Waals surface area contributed by atoms with Gasteiger partial charge in [-0.25, -0.2) is 4.98 Å². The highest BCUT2D eigenvalue weighted by Crippen LogP contribution is 2.11. The Morgan fingerprint density at radius 2 is 2.35 bits per heavy atom. The zero-order valence-corrected chi connectivity index (χ0v) is 12.0. The summed E-state index contributed by atoms with van der Waals surface area (Å²) in [4.78, 5) is 17.2. The fraction of sp³-hybridized carbons (Fsp3) is 0.200. The molecular weight excluding hydrogens is 270 g/mol. The van der Waals surface area contributed by atoms with Crippen molar-refractivity contribution in [3.05, 3.63) is 51.5 Å². The fourth-order valence-electron chi connectivity index (χ4n) is 1.65. The van der Waals surface area contributed by atoms with E-state index in [2.05, 4.69) is 22.1 Å². The van der Waals surface area contributed by atoms with Crippen LogP contribution in [-0.2, 0) is 6.54 Å². The monoisotopic (exact) mass is 285 g/mol. The number of carbonyl (C=O) groups is 1. The summed E-state index contributed by atoms with van der Waals surface area (Å²) >= 11 is 1.58. The highest BCUT2D eigenvalue weighted by Gasteiger charge is 2.06. The Kier molecular flexibility index (Phi) is 4.88. The van der Waals surface area contributed by atoms with Gasteiger partial charge >= 0.3 is 0 Å². The molecule has 4 nitrogen and oxygen atoms in total. The molecule has 5 heteroatoms. The van der Waals surface area contributed by atoms with Gasteiger partial charge in [0, 0.05) is 22.2 Å². The number of carbonyl (C=O) groups excluding carboxylic acids is 1. The Bertz CT molecular complexity index is 667. The number of aromatic nitrogens is 1. The van der Waals surface area contributed by atoms with Gasteiger partial charge in [-0.05, 0) is 25.1 Å². The zero-order valence-electron chi connectivity index (χ0n) is 11.1. The maximum Gasteiger partial charge on any atom is 0.251 e. The van der Waals surface area contributed by atoms with E-state index >= 15 is 0 Å². The number of thiazole rings is 1. The Labute approximate surface area is 122 Å². The summed E-state index contributed by atoms with van der Waals surface area (Å²) in [6.45, 7) is 2.74. The van der Waals surface area contributed by atoms with E-state index in [1.807, 2.05) is 19.1 Å². The molecule has 0 bridgehead atoms. The van der Waals surface area contributed by atoms with Crippen molar-refractivity contribution in [1.29, 1.82) is 0 Å². The number of hydrogen-bond acceptors (Lipinski definition) is 4. The standard InChI is InChI=1S/C15H15N3OS/c1-11-17-9-14(20-11)10-18-15(19)13-6-2-4-12(8-13)5-3-7-16/h2,4,6,8-9H,7,10,16H2,1H3,(H,18,19). The fourth-order valence-corrected chi connectivity index (χ4v) is 2.38. The third-order valence-electron chi connectivity index (χ3n) is 2.55. The molecule has 1 aromatic carbocycles.